The molecule has 21 heavy (non-hydrogen) atoms. The molecule has 0 aliphatic heterocycles. The summed E-state index contributed by atoms with van der Waals surface area (Å²) in [6.45, 7) is 10.6. The predicted octanol–water partition coefficient (Wildman–Crippen LogP) is 4.27. The topological polar surface area (TPSA) is 39.1 Å². The standard InChI is InChI=1S/C18H29N3/c1-5-13-20-17(6-2)16-10-7-8-11-18(16)21(15(3)4)14-9-12-19/h7-8,10-11,15,17,20H,5-6,9,13-14H2,1-4H3. The second-order valence-corrected chi connectivity index (χ2v) is 5.67. The van der Waals surface area contributed by atoms with E-state index in [0.717, 1.165) is 25.9 Å². The van der Waals surface area contributed by atoms with Crippen molar-refractivity contribution in [3.8, 4) is 6.07 Å². The Morgan fingerprint density at radius 2 is 1.95 bits per heavy atom. The molecule has 0 heterocycles. The van der Waals surface area contributed by atoms with E-state index in [1.165, 1.54) is 11.3 Å². The maximum atomic E-state index is 8.90. The first-order valence-corrected chi connectivity index (χ1v) is 8.11. The first kappa shape index (κ1) is 17.5. The van der Waals surface area contributed by atoms with Crippen LogP contribution in [0, 0.1) is 11.3 Å². The first-order valence-electron chi connectivity index (χ1n) is 8.11. The highest BCUT2D eigenvalue weighted by Crippen LogP contribution is 2.29. The Morgan fingerprint density at radius 3 is 2.52 bits per heavy atom. The molecule has 116 valence electrons. The molecule has 1 N–H and O–H groups in total. The van der Waals surface area contributed by atoms with Gasteiger partial charge in [0.15, 0.2) is 0 Å². The zero-order valence-corrected chi connectivity index (χ0v) is 13.9. The highest BCUT2D eigenvalue weighted by atomic mass is 15.2. The molecule has 3 nitrogen and oxygen atoms in total. The van der Waals surface area contributed by atoms with Crippen molar-refractivity contribution < 1.29 is 0 Å². The van der Waals surface area contributed by atoms with Crippen LogP contribution in [0.2, 0.25) is 0 Å². The number of nitrogens with zero attached hydrogens (tertiary/aromatic N) is 2. The fourth-order valence-corrected chi connectivity index (χ4v) is 2.66. The molecule has 0 fully saturated rings. The van der Waals surface area contributed by atoms with E-state index < -0.39 is 0 Å². The molecular formula is C18H29N3. The van der Waals surface area contributed by atoms with Crippen molar-refractivity contribution in [3.63, 3.8) is 0 Å². The van der Waals surface area contributed by atoms with Crippen LogP contribution in [-0.4, -0.2) is 19.1 Å². The molecule has 1 aromatic carbocycles. The van der Waals surface area contributed by atoms with E-state index in [9.17, 15) is 0 Å². The second kappa shape index (κ2) is 9.41. The largest absolute Gasteiger partial charge is 0.368 e. The average Bonchev–Trinajstić information content (AvgIpc) is 2.49. The number of nitrogens with one attached hydrogen (secondary N) is 1. The lowest BCUT2D eigenvalue weighted by Gasteiger charge is -2.32. The lowest BCUT2D eigenvalue weighted by Crippen LogP contribution is -2.34. The van der Waals surface area contributed by atoms with Gasteiger partial charge in [0.2, 0.25) is 0 Å². The molecule has 1 rings (SSSR count). The fourth-order valence-electron chi connectivity index (χ4n) is 2.66. The molecule has 0 spiro atoms. The van der Waals surface area contributed by atoms with Gasteiger partial charge in [-0.05, 0) is 44.9 Å². The highest BCUT2D eigenvalue weighted by Gasteiger charge is 2.18. The molecule has 0 saturated heterocycles. The number of hydrogen-bond donors (Lipinski definition) is 1. The number of hydrogen-bond acceptors (Lipinski definition) is 3. The number of benzene rings is 1. The predicted molar refractivity (Wildman–Crippen MR) is 90.5 cm³/mol. The summed E-state index contributed by atoms with van der Waals surface area (Å²) >= 11 is 0. The quantitative estimate of drug-likeness (QED) is 0.737. The van der Waals surface area contributed by atoms with Crippen LogP contribution in [0.3, 0.4) is 0 Å². The van der Waals surface area contributed by atoms with Crippen molar-refractivity contribution in [2.75, 3.05) is 18.0 Å². The Kier molecular flexibility index (Phi) is 7.85. The molecule has 0 radical (unpaired) electrons. The first-order chi connectivity index (χ1) is 10.2. The van der Waals surface area contributed by atoms with Crippen molar-refractivity contribution in [1.82, 2.24) is 5.32 Å². The van der Waals surface area contributed by atoms with E-state index in [-0.39, 0.29) is 0 Å². The van der Waals surface area contributed by atoms with Crippen LogP contribution in [0.1, 0.15) is 58.6 Å². The Labute approximate surface area is 130 Å². The van der Waals surface area contributed by atoms with E-state index in [2.05, 4.69) is 68.2 Å². The van der Waals surface area contributed by atoms with E-state index in [0.29, 0.717) is 18.5 Å². The molecule has 0 aliphatic rings. The van der Waals surface area contributed by atoms with Crippen molar-refractivity contribution >= 4 is 5.69 Å². The molecule has 0 saturated carbocycles. The Bertz CT molecular complexity index is 448. The van der Waals surface area contributed by atoms with Crippen LogP contribution in [0.15, 0.2) is 24.3 Å². The van der Waals surface area contributed by atoms with Crippen molar-refractivity contribution in [1.29, 1.82) is 5.26 Å². The van der Waals surface area contributed by atoms with Gasteiger partial charge >= 0.3 is 0 Å². The summed E-state index contributed by atoms with van der Waals surface area (Å²) in [6, 6.07) is 11.6. The van der Waals surface area contributed by atoms with Gasteiger partial charge in [0.1, 0.15) is 0 Å². The van der Waals surface area contributed by atoms with Gasteiger partial charge in [-0.2, -0.15) is 5.26 Å². The summed E-state index contributed by atoms with van der Waals surface area (Å²) in [5.41, 5.74) is 2.61. The Hall–Kier alpha value is -1.53. The molecule has 0 aliphatic carbocycles. The SMILES string of the molecule is CCCNC(CC)c1ccccc1N(CCC#N)C(C)C. The van der Waals surface area contributed by atoms with Crippen LogP contribution in [0.5, 0.6) is 0 Å². The number of rotatable bonds is 9. The van der Waals surface area contributed by atoms with E-state index in [1.54, 1.807) is 0 Å². The van der Waals surface area contributed by atoms with Crippen molar-refractivity contribution in [2.45, 2.75) is 59.0 Å². The van der Waals surface area contributed by atoms with Crippen LogP contribution >= 0.6 is 0 Å². The van der Waals surface area contributed by atoms with Gasteiger partial charge in [-0.25, -0.2) is 0 Å². The third-order valence-corrected chi connectivity index (χ3v) is 3.76. The highest BCUT2D eigenvalue weighted by molar-refractivity contribution is 5.55. The van der Waals surface area contributed by atoms with Crippen molar-refractivity contribution in [3.05, 3.63) is 29.8 Å². The zero-order valence-electron chi connectivity index (χ0n) is 13.9. The zero-order chi connectivity index (χ0) is 15.7. The van der Waals surface area contributed by atoms with E-state index in [4.69, 9.17) is 5.26 Å². The maximum Gasteiger partial charge on any atom is 0.0640 e. The number of anilines is 1. The van der Waals surface area contributed by atoms with E-state index >= 15 is 0 Å². The number of para-hydroxylation sites is 1. The summed E-state index contributed by atoms with van der Waals surface area (Å²) in [6.07, 6.45) is 2.77. The van der Waals surface area contributed by atoms with Crippen LogP contribution in [-0.2, 0) is 0 Å². The molecule has 1 unspecified atom stereocenters. The average molecular weight is 287 g/mol. The minimum absolute atomic E-state index is 0.379. The van der Waals surface area contributed by atoms with Gasteiger partial charge in [-0.15, -0.1) is 0 Å². The molecule has 0 bridgehead atoms. The smallest absolute Gasteiger partial charge is 0.0640 e. The van der Waals surface area contributed by atoms with Gasteiger partial charge in [0.05, 0.1) is 12.5 Å². The van der Waals surface area contributed by atoms with Gasteiger partial charge in [-0.1, -0.05) is 32.0 Å². The maximum absolute atomic E-state index is 8.90. The molecule has 0 aromatic heterocycles. The van der Waals surface area contributed by atoms with Crippen LogP contribution in [0.25, 0.3) is 0 Å². The number of nitriles is 1. The summed E-state index contributed by atoms with van der Waals surface area (Å²) in [4.78, 5) is 2.34. The molecule has 3 heteroatoms. The summed E-state index contributed by atoms with van der Waals surface area (Å²) in [5, 5.41) is 12.5. The lowest BCUT2D eigenvalue weighted by molar-refractivity contribution is 0.516. The molecule has 1 atom stereocenters. The third kappa shape index (κ3) is 5.06. The summed E-state index contributed by atoms with van der Waals surface area (Å²) < 4.78 is 0. The van der Waals surface area contributed by atoms with Crippen molar-refractivity contribution in [2.24, 2.45) is 0 Å². The minimum Gasteiger partial charge on any atom is -0.368 e. The molecular weight excluding hydrogens is 258 g/mol. The summed E-state index contributed by atoms with van der Waals surface area (Å²) in [5.74, 6) is 0. The van der Waals surface area contributed by atoms with Gasteiger partial charge < -0.3 is 10.2 Å². The van der Waals surface area contributed by atoms with Gasteiger partial charge in [0, 0.05) is 24.3 Å². The van der Waals surface area contributed by atoms with E-state index in [1.807, 2.05) is 0 Å². The minimum atomic E-state index is 0.379. The second-order valence-electron chi connectivity index (χ2n) is 5.67. The van der Waals surface area contributed by atoms with Gasteiger partial charge in [-0.3, -0.25) is 0 Å². The van der Waals surface area contributed by atoms with Crippen LogP contribution in [0.4, 0.5) is 5.69 Å². The summed E-state index contributed by atoms with van der Waals surface area (Å²) in [7, 11) is 0. The third-order valence-electron chi connectivity index (χ3n) is 3.76. The monoisotopic (exact) mass is 287 g/mol. The Balaban J connectivity index is 3.07. The lowest BCUT2D eigenvalue weighted by atomic mass is 10.0. The fraction of sp³-hybridized carbons (Fsp3) is 0.611. The van der Waals surface area contributed by atoms with Crippen LogP contribution < -0.4 is 10.2 Å². The Morgan fingerprint density at radius 1 is 1.24 bits per heavy atom. The van der Waals surface area contributed by atoms with Gasteiger partial charge in [0.25, 0.3) is 0 Å². The normalized spacial score (nSPS) is 12.2. The molecule has 0 amide bonds. The molecule has 1 aromatic rings.